The van der Waals surface area contributed by atoms with Crippen LogP contribution in [0.4, 0.5) is 0 Å². The Hall–Kier alpha value is -2.07. The van der Waals surface area contributed by atoms with Crippen molar-refractivity contribution < 1.29 is 9.21 Å². The predicted molar refractivity (Wildman–Crippen MR) is 89.6 cm³/mol. The van der Waals surface area contributed by atoms with Gasteiger partial charge in [0.05, 0.1) is 5.75 Å². The summed E-state index contributed by atoms with van der Waals surface area (Å²) < 4.78 is 5.60. The minimum Gasteiger partial charge on any atom is -0.431 e. The molecule has 0 aliphatic carbocycles. The molecule has 0 saturated carbocycles. The van der Waals surface area contributed by atoms with E-state index in [2.05, 4.69) is 18.8 Å². The van der Waals surface area contributed by atoms with E-state index in [1.165, 1.54) is 17.3 Å². The molecule has 0 unspecified atom stereocenters. The molecule has 0 spiro atoms. The van der Waals surface area contributed by atoms with Crippen LogP contribution in [0.2, 0.25) is 0 Å². The molecule has 1 heterocycles. The van der Waals surface area contributed by atoms with Crippen LogP contribution in [0.25, 0.3) is 11.1 Å². The number of carbonyl (C=O) groups is 1. The van der Waals surface area contributed by atoms with E-state index >= 15 is 0 Å². The van der Waals surface area contributed by atoms with Crippen molar-refractivity contribution in [2.24, 2.45) is 0 Å². The Morgan fingerprint density at radius 2 is 1.86 bits per heavy atom. The van der Waals surface area contributed by atoms with Crippen molar-refractivity contribution >= 4 is 28.6 Å². The summed E-state index contributed by atoms with van der Waals surface area (Å²) in [5.74, 6) is 0.884. The van der Waals surface area contributed by atoms with Gasteiger partial charge in [-0.05, 0) is 23.6 Å². The monoisotopic (exact) mass is 311 g/mol. The van der Waals surface area contributed by atoms with Crippen LogP contribution in [0.15, 0.2) is 58.2 Å². The van der Waals surface area contributed by atoms with E-state index in [9.17, 15) is 4.79 Å². The maximum absolute atomic E-state index is 12.2. The number of ketones is 1. The fraction of sp³-hybridized carbons (Fsp3) is 0.222. The van der Waals surface area contributed by atoms with Crippen LogP contribution in [0.3, 0.4) is 0 Å². The van der Waals surface area contributed by atoms with Crippen LogP contribution in [0.1, 0.15) is 35.7 Å². The van der Waals surface area contributed by atoms with Gasteiger partial charge >= 0.3 is 0 Å². The molecule has 0 N–H and O–H groups in total. The highest BCUT2D eigenvalue weighted by atomic mass is 32.2. The quantitative estimate of drug-likeness (QED) is 0.495. The van der Waals surface area contributed by atoms with Crippen LogP contribution in [0, 0.1) is 0 Å². The van der Waals surface area contributed by atoms with Gasteiger partial charge in [0.25, 0.3) is 5.22 Å². The number of fused-ring (bicyclic) bond motifs is 1. The number of benzene rings is 2. The third kappa shape index (κ3) is 3.22. The average Bonchev–Trinajstić information content (AvgIpc) is 2.95. The minimum absolute atomic E-state index is 0.0857. The average molecular weight is 311 g/mol. The van der Waals surface area contributed by atoms with Gasteiger partial charge < -0.3 is 4.42 Å². The summed E-state index contributed by atoms with van der Waals surface area (Å²) in [5.41, 5.74) is 3.54. The van der Waals surface area contributed by atoms with Crippen LogP contribution in [-0.4, -0.2) is 16.5 Å². The SMILES string of the molecule is CC(C)c1ccc(C(=O)CSc2nc3ccccc3o2)cc1. The van der Waals surface area contributed by atoms with Gasteiger partial charge in [-0.25, -0.2) is 4.98 Å². The number of para-hydroxylation sites is 2. The van der Waals surface area contributed by atoms with E-state index in [1.54, 1.807) is 0 Å². The van der Waals surface area contributed by atoms with Crippen molar-refractivity contribution in [3.63, 3.8) is 0 Å². The van der Waals surface area contributed by atoms with Gasteiger partial charge in [-0.3, -0.25) is 4.79 Å². The first-order valence-electron chi connectivity index (χ1n) is 7.25. The predicted octanol–water partition coefficient (Wildman–Crippen LogP) is 4.93. The number of carbonyl (C=O) groups excluding carboxylic acids is 1. The maximum Gasteiger partial charge on any atom is 0.257 e. The van der Waals surface area contributed by atoms with E-state index in [0.717, 1.165) is 16.7 Å². The Morgan fingerprint density at radius 3 is 2.55 bits per heavy atom. The Morgan fingerprint density at radius 1 is 1.14 bits per heavy atom. The second-order valence-electron chi connectivity index (χ2n) is 5.44. The summed E-state index contributed by atoms with van der Waals surface area (Å²) >= 11 is 1.33. The summed E-state index contributed by atoms with van der Waals surface area (Å²) in [6, 6.07) is 15.4. The summed E-state index contributed by atoms with van der Waals surface area (Å²) in [4.78, 5) is 16.6. The Labute approximate surface area is 133 Å². The zero-order valence-corrected chi connectivity index (χ0v) is 13.4. The van der Waals surface area contributed by atoms with Crippen molar-refractivity contribution in [1.82, 2.24) is 4.98 Å². The number of Topliss-reactive ketones (excluding diaryl/α,β-unsaturated/α-hetero) is 1. The second kappa shape index (κ2) is 6.36. The van der Waals surface area contributed by atoms with Gasteiger partial charge in [-0.15, -0.1) is 0 Å². The Kier molecular flexibility index (Phi) is 4.29. The molecule has 0 aliphatic rings. The lowest BCUT2D eigenvalue weighted by Crippen LogP contribution is -2.02. The Bertz CT molecular complexity index is 757. The molecule has 0 aliphatic heterocycles. The number of aromatic nitrogens is 1. The molecule has 1 aromatic heterocycles. The van der Waals surface area contributed by atoms with Crippen LogP contribution in [0.5, 0.6) is 0 Å². The number of thioether (sulfide) groups is 1. The van der Waals surface area contributed by atoms with Crippen molar-refractivity contribution in [3.05, 3.63) is 59.7 Å². The van der Waals surface area contributed by atoms with E-state index < -0.39 is 0 Å². The first kappa shape index (κ1) is 14.9. The molecule has 0 bridgehead atoms. The molecule has 3 rings (SSSR count). The number of hydrogen-bond donors (Lipinski definition) is 0. The van der Waals surface area contributed by atoms with Crippen molar-refractivity contribution in [1.29, 1.82) is 0 Å². The maximum atomic E-state index is 12.2. The third-order valence-corrected chi connectivity index (χ3v) is 4.33. The van der Waals surface area contributed by atoms with Crippen LogP contribution < -0.4 is 0 Å². The van der Waals surface area contributed by atoms with Crippen molar-refractivity contribution in [2.75, 3.05) is 5.75 Å². The minimum atomic E-state index is 0.0857. The zero-order chi connectivity index (χ0) is 15.5. The number of nitrogens with zero attached hydrogens (tertiary/aromatic N) is 1. The normalized spacial score (nSPS) is 11.2. The zero-order valence-electron chi connectivity index (χ0n) is 12.6. The molecule has 3 aromatic rings. The topological polar surface area (TPSA) is 43.1 Å². The smallest absolute Gasteiger partial charge is 0.257 e. The van der Waals surface area contributed by atoms with E-state index in [1.807, 2.05) is 48.5 Å². The van der Waals surface area contributed by atoms with Gasteiger partial charge in [0.1, 0.15) is 5.52 Å². The Balaban J connectivity index is 1.66. The highest BCUT2D eigenvalue weighted by Gasteiger charge is 2.11. The van der Waals surface area contributed by atoms with Gasteiger partial charge in [0.15, 0.2) is 11.4 Å². The molecule has 0 amide bonds. The molecule has 2 aromatic carbocycles. The van der Waals surface area contributed by atoms with Crippen molar-refractivity contribution in [3.8, 4) is 0 Å². The molecule has 22 heavy (non-hydrogen) atoms. The summed E-state index contributed by atoms with van der Waals surface area (Å²) in [5, 5.41) is 0.536. The summed E-state index contributed by atoms with van der Waals surface area (Å²) in [6.07, 6.45) is 0. The van der Waals surface area contributed by atoms with Gasteiger partial charge in [-0.2, -0.15) is 0 Å². The summed E-state index contributed by atoms with van der Waals surface area (Å²) in [7, 11) is 0. The lowest BCUT2D eigenvalue weighted by molar-refractivity contribution is 0.102. The number of oxazole rings is 1. The largest absolute Gasteiger partial charge is 0.431 e. The fourth-order valence-corrected chi connectivity index (χ4v) is 2.91. The molecule has 0 saturated heterocycles. The third-order valence-electron chi connectivity index (χ3n) is 3.50. The molecular weight excluding hydrogens is 294 g/mol. The second-order valence-corrected chi connectivity index (χ2v) is 6.36. The highest BCUT2D eigenvalue weighted by Crippen LogP contribution is 2.24. The van der Waals surface area contributed by atoms with Gasteiger partial charge in [-0.1, -0.05) is 62.0 Å². The molecule has 112 valence electrons. The molecule has 0 atom stereocenters. The molecule has 4 heteroatoms. The van der Waals surface area contributed by atoms with Crippen LogP contribution >= 0.6 is 11.8 Å². The standard InChI is InChI=1S/C18H17NO2S/c1-12(2)13-7-9-14(10-8-13)16(20)11-22-18-19-15-5-3-4-6-17(15)21-18/h3-10,12H,11H2,1-2H3. The molecular formula is C18H17NO2S. The lowest BCUT2D eigenvalue weighted by atomic mass is 10.0. The summed E-state index contributed by atoms with van der Waals surface area (Å²) in [6.45, 7) is 4.28. The lowest BCUT2D eigenvalue weighted by Gasteiger charge is -2.05. The van der Waals surface area contributed by atoms with Crippen LogP contribution in [-0.2, 0) is 0 Å². The number of rotatable bonds is 5. The molecule has 0 radical (unpaired) electrons. The fourth-order valence-electron chi connectivity index (χ4n) is 2.18. The highest BCUT2D eigenvalue weighted by molar-refractivity contribution is 7.99. The van der Waals surface area contributed by atoms with E-state index in [-0.39, 0.29) is 5.78 Å². The van der Waals surface area contributed by atoms with Gasteiger partial charge in [0, 0.05) is 5.56 Å². The van der Waals surface area contributed by atoms with E-state index in [0.29, 0.717) is 16.9 Å². The van der Waals surface area contributed by atoms with E-state index in [4.69, 9.17) is 4.42 Å². The first-order valence-corrected chi connectivity index (χ1v) is 8.23. The molecule has 0 fully saturated rings. The van der Waals surface area contributed by atoms with Crippen molar-refractivity contribution in [2.45, 2.75) is 25.0 Å². The number of hydrogen-bond acceptors (Lipinski definition) is 4. The van der Waals surface area contributed by atoms with Gasteiger partial charge in [0.2, 0.25) is 0 Å². The molecule has 3 nitrogen and oxygen atoms in total. The first-order chi connectivity index (χ1) is 10.6.